The summed E-state index contributed by atoms with van der Waals surface area (Å²) >= 11 is 12.6. The molecule has 228 valence electrons. The molecule has 0 unspecified atom stereocenters. The molecule has 0 aromatic carbocycles. The summed E-state index contributed by atoms with van der Waals surface area (Å²) in [4.78, 5) is 73.3. The standard InChI is InChI=1S/C23H24Cl2N10O8/c1-14(38)42-5-3-40-12-32-7-26-16-18(24)28-22(30-20(16)32)34(10-36)9-35(11-37)23-29-19(25)17-21(31-23)33(8-27-17)13-41-4-6-43-15(2)39/h7-8,10-11H,3-6,9,12-13H2,1-2H3. The maximum atomic E-state index is 12.1. The number of anilines is 2. The molecule has 0 aliphatic rings. The first-order valence-electron chi connectivity index (χ1n) is 12.3. The number of halogens is 2. The Hall–Kier alpha value is -4.52. The quantitative estimate of drug-likeness (QED) is 0.0551. The van der Waals surface area contributed by atoms with Crippen LogP contribution >= 0.6 is 23.2 Å². The number of amides is 2. The Morgan fingerprint density at radius 1 is 0.744 bits per heavy atom. The normalized spacial score (nSPS) is 11.1. The number of ether oxygens (including phenoxy) is 4. The van der Waals surface area contributed by atoms with Crippen LogP contribution in [0.1, 0.15) is 13.8 Å². The van der Waals surface area contributed by atoms with E-state index >= 15 is 0 Å². The smallest absolute Gasteiger partial charge is 0.302 e. The molecule has 4 aromatic rings. The second-order valence-electron chi connectivity index (χ2n) is 8.45. The predicted molar refractivity (Wildman–Crippen MR) is 148 cm³/mol. The van der Waals surface area contributed by atoms with E-state index in [4.69, 9.17) is 42.1 Å². The minimum Gasteiger partial charge on any atom is -0.463 e. The van der Waals surface area contributed by atoms with E-state index in [1.807, 2.05) is 0 Å². The minimum absolute atomic E-state index is 0.0143. The summed E-state index contributed by atoms with van der Waals surface area (Å²) in [5.74, 6) is -1.17. The van der Waals surface area contributed by atoms with E-state index in [0.717, 1.165) is 9.80 Å². The molecule has 0 N–H and O–H groups in total. The summed E-state index contributed by atoms with van der Waals surface area (Å²) < 4.78 is 23.6. The maximum Gasteiger partial charge on any atom is 0.302 e. The number of nitrogens with zero attached hydrogens (tertiary/aromatic N) is 10. The first kappa shape index (κ1) is 31.4. The number of hydrogen-bond acceptors (Lipinski definition) is 14. The molecule has 2 amide bonds. The number of aromatic nitrogens is 8. The van der Waals surface area contributed by atoms with Crippen LogP contribution in [0.15, 0.2) is 12.7 Å². The zero-order valence-electron chi connectivity index (χ0n) is 22.8. The van der Waals surface area contributed by atoms with Gasteiger partial charge in [-0.05, 0) is 0 Å². The van der Waals surface area contributed by atoms with Gasteiger partial charge >= 0.3 is 11.9 Å². The molecule has 0 radical (unpaired) electrons. The van der Waals surface area contributed by atoms with Crippen molar-refractivity contribution in [2.75, 3.05) is 42.9 Å². The molecule has 0 spiro atoms. The van der Waals surface area contributed by atoms with Crippen LogP contribution in [0, 0.1) is 0 Å². The Bertz CT molecular complexity index is 1510. The van der Waals surface area contributed by atoms with Crippen molar-refractivity contribution >= 4 is 82.2 Å². The summed E-state index contributed by atoms with van der Waals surface area (Å²) in [5, 5.41) is -0.108. The fraction of sp³-hybridized carbons (Fsp3) is 0.391. The summed E-state index contributed by atoms with van der Waals surface area (Å²) in [6.07, 6.45) is 3.62. The van der Waals surface area contributed by atoms with Gasteiger partial charge in [0.25, 0.3) is 0 Å². The van der Waals surface area contributed by atoms with Gasteiger partial charge in [-0.25, -0.2) is 9.97 Å². The van der Waals surface area contributed by atoms with Gasteiger partial charge in [-0.3, -0.25) is 38.1 Å². The van der Waals surface area contributed by atoms with Gasteiger partial charge in [0.2, 0.25) is 24.7 Å². The largest absolute Gasteiger partial charge is 0.463 e. The SMILES string of the molecule is CC(=O)OCCOCn1cnc2c(Cl)nc(N(C=O)CN(C=O)c3nc(Cl)c4ncn(COCCOC(C)=O)c4n3)nc21. The molecular formula is C23H24Cl2N10O8. The second-order valence-corrected chi connectivity index (χ2v) is 9.16. The van der Waals surface area contributed by atoms with Gasteiger partial charge in [0.15, 0.2) is 21.6 Å². The molecule has 0 atom stereocenters. The lowest BCUT2D eigenvalue weighted by molar-refractivity contribution is -0.143. The third kappa shape index (κ3) is 7.86. The Labute approximate surface area is 252 Å². The minimum atomic E-state index is -0.431. The topological polar surface area (TPSA) is 199 Å². The molecular weight excluding hydrogens is 615 g/mol. The summed E-state index contributed by atoms with van der Waals surface area (Å²) in [6.45, 7) is 2.48. The van der Waals surface area contributed by atoms with E-state index in [2.05, 4.69) is 29.9 Å². The molecule has 0 saturated heterocycles. The Kier molecular flexibility index (Phi) is 10.7. The van der Waals surface area contributed by atoms with Crippen LogP contribution in [0.5, 0.6) is 0 Å². The van der Waals surface area contributed by atoms with Crippen molar-refractivity contribution in [1.29, 1.82) is 0 Å². The predicted octanol–water partition coefficient (Wildman–Crippen LogP) is 0.930. The zero-order chi connectivity index (χ0) is 30.9. The monoisotopic (exact) mass is 638 g/mol. The molecule has 0 bridgehead atoms. The van der Waals surface area contributed by atoms with Crippen molar-refractivity contribution < 1.29 is 38.1 Å². The van der Waals surface area contributed by atoms with E-state index < -0.39 is 18.6 Å². The van der Waals surface area contributed by atoms with Crippen molar-refractivity contribution in [3.05, 3.63) is 23.0 Å². The van der Waals surface area contributed by atoms with Crippen LogP contribution in [0.4, 0.5) is 11.9 Å². The number of rotatable bonds is 16. The van der Waals surface area contributed by atoms with E-state index in [1.165, 1.54) is 35.6 Å². The van der Waals surface area contributed by atoms with Gasteiger partial charge in [-0.1, -0.05) is 23.2 Å². The van der Waals surface area contributed by atoms with Crippen LogP contribution in [0.2, 0.25) is 10.3 Å². The van der Waals surface area contributed by atoms with Crippen LogP contribution in [0.3, 0.4) is 0 Å². The average molecular weight is 639 g/mol. The molecule has 4 heterocycles. The molecule has 0 aliphatic heterocycles. The van der Waals surface area contributed by atoms with Crippen molar-refractivity contribution in [1.82, 2.24) is 39.0 Å². The molecule has 4 aromatic heterocycles. The van der Waals surface area contributed by atoms with Crippen LogP contribution in [0.25, 0.3) is 22.3 Å². The molecule has 18 nitrogen and oxygen atoms in total. The van der Waals surface area contributed by atoms with Crippen LogP contribution < -0.4 is 9.80 Å². The van der Waals surface area contributed by atoms with Crippen molar-refractivity contribution in [2.45, 2.75) is 27.3 Å². The fourth-order valence-corrected chi connectivity index (χ4v) is 3.93. The van der Waals surface area contributed by atoms with E-state index in [1.54, 1.807) is 0 Å². The number of hydrogen-bond donors (Lipinski definition) is 0. The molecule has 0 saturated carbocycles. The fourth-order valence-electron chi connectivity index (χ4n) is 3.51. The van der Waals surface area contributed by atoms with E-state index in [-0.39, 0.29) is 84.4 Å². The Morgan fingerprint density at radius 3 is 1.53 bits per heavy atom. The van der Waals surface area contributed by atoms with Crippen LogP contribution in [-0.2, 0) is 51.6 Å². The van der Waals surface area contributed by atoms with Crippen molar-refractivity contribution in [2.24, 2.45) is 0 Å². The lowest BCUT2D eigenvalue weighted by atomic mass is 10.5. The highest BCUT2D eigenvalue weighted by molar-refractivity contribution is 6.34. The average Bonchev–Trinajstić information content (AvgIpc) is 3.57. The van der Waals surface area contributed by atoms with Gasteiger partial charge in [-0.2, -0.15) is 19.9 Å². The van der Waals surface area contributed by atoms with E-state index in [9.17, 15) is 19.2 Å². The van der Waals surface area contributed by atoms with Gasteiger partial charge in [-0.15, -0.1) is 0 Å². The Balaban J connectivity index is 1.52. The lowest BCUT2D eigenvalue weighted by Crippen LogP contribution is -2.38. The number of carbonyl (C=O) groups is 4. The lowest BCUT2D eigenvalue weighted by Gasteiger charge is -2.22. The van der Waals surface area contributed by atoms with Crippen molar-refractivity contribution in [3.63, 3.8) is 0 Å². The number of esters is 2. The summed E-state index contributed by atoms with van der Waals surface area (Å²) in [6, 6.07) is 0. The molecule has 20 heteroatoms. The zero-order valence-corrected chi connectivity index (χ0v) is 24.3. The third-order valence-corrected chi connectivity index (χ3v) is 5.95. The maximum absolute atomic E-state index is 12.1. The number of carbonyl (C=O) groups excluding carboxylic acids is 4. The summed E-state index contributed by atoms with van der Waals surface area (Å²) in [7, 11) is 0. The van der Waals surface area contributed by atoms with Gasteiger partial charge in [0, 0.05) is 13.8 Å². The summed E-state index contributed by atoms with van der Waals surface area (Å²) in [5.41, 5.74) is 0.975. The molecule has 43 heavy (non-hydrogen) atoms. The highest BCUT2D eigenvalue weighted by atomic mass is 35.5. The van der Waals surface area contributed by atoms with Crippen LogP contribution in [-0.4, -0.2) is 96.9 Å². The first-order chi connectivity index (χ1) is 20.7. The highest BCUT2D eigenvalue weighted by Crippen LogP contribution is 2.24. The van der Waals surface area contributed by atoms with Gasteiger partial charge in [0.1, 0.15) is 44.4 Å². The Morgan fingerprint density at radius 2 is 1.16 bits per heavy atom. The molecule has 0 aliphatic carbocycles. The first-order valence-corrected chi connectivity index (χ1v) is 13.1. The van der Waals surface area contributed by atoms with Gasteiger partial charge < -0.3 is 18.9 Å². The molecule has 4 rings (SSSR count). The number of imidazole rings is 2. The number of fused-ring (bicyclic) bond motifs is 2. The second kappa shape index (κ2) is 14.6. The molecule has 0 fully saturated rings. The van der Waals surface area contributed by atoms with Crippen molar-refractivity contribution in [3.8, 4) is 0 Å². The third-order valence-electron chi connectivity index (χ3n) is 5.42. The van der Waals surface area contributed by atoms with E-state index in [0.29, 0.717) is 12.8 Å². The van der Waals surface area contributed by atoms with Gasteiger partial charge in [0.05, 0.1) is 25.9 Å². The highest BCUT2D eigenvalue weighted by Gasteiger charge is 2.22.